The van der Waals surface area contributed by atoms with Gasteiger partial charge in [0.1, 0.15) is 4.90 Å². The lowest BCUT2D eigenvalue weighted by Crippen LogP contribution is -2.25. The van der Waals surface area contributed by atoms with Crippen LogP contribution in [-0.4, -0.2) is 20.1 Å². The zero-order valence-electron chi connectivity index (χ0n) is 12.2. The van der Waals surface area contributed by atoms with Gasteiger partial charge in [0.25, 0.3) is 0 Å². The predicted octanol–water partition coefficient (Wildman–Crippen LogP) is 3.59. The van der Waals surface area contributed by atoms with Gasteiger partial charge in [0.05, 0.1) is 11.6 Å². The molecular formula is C14H21Cl2NO3S. The van der Waals surface area contributed by atoms with Crippen LogP contribution in [0.15, 0.2) is 17.0 Å². The van der Waals surface area contributed by atoms with E-state index in [1.807, 2.05) is 0 Å². The Kier molecular flexibility index (Phi) is 7.44. The number of aliphatic hydroxyl groups is 1. The molecule has 0 aromatic heterocycles. The minimum absolute atomic E-state index is 0.0281. The minimum Gasteiger partial charge on any atom is -0.392 e. The van der Waals surface area contributed by atoms with Crippen molar-refractivity contribution in [3.63, 3.8) is 0 Å². The summed E-state index contributed by atoms with van der Waals surface area (Å²) in [5.41, 5.74) is 0.223. The van der Waals surface area contributed by atoms with E-state index in [4.69, 9.17) is 23.2 Å². The molecule has 0 bridgehead atoms. The van der Waals surface area contributed by atoms with Crippen LogP contribution in [0.25, 0.3) is 0 Å². The van der Waals surface area contributed by atoms with Gasteiger partial charge in [-0.05, 0) is 24.5 Å². The Morgan fingerprint density at radius 2 is 1.90 bits per heavy atom. The first-order valence-corrected chi connectivity index (χ1v) is 9.11. The van der Waals surface area contributed by atoms with Crippen LogP contribution in [0.4, 0.5) is 0 Å². The molecule has 1 aromatic rings. The van der Waals surface area contributed by atoms with Gasteiger partial charge < -0.3 is 5.11 Å². The van der Waals surface area contributed by atoms with E-state index in [9.17, 15) is 13.5 Å². The van der Waals surface area contributed by atoms with Gasteiger partial charge in [0, 0.05) is 17.1 Å². The molecule has 0 fully saturated rings. The molecule has 2 N–H and O–H groups in total. The fraction of sp³-hybridized carbons (Fsp3) is 0.571. The Hall–Kier alpha value is -0.330. The van der Waals surface area contributed by atoms with E-state index >= 15 is 0 Å². The SMILES string of the molecule is CC(C)CCCCNS(=O)(=O)c1ccc(Cl)c(CO)c1Cl. The summed E-state index contributed by atoms with van der Waals surface area (Å²) in [6.45, 7) is 4.22. The lowest BCUT2D eigenvalue weighted by molar-refractivity contribution is 0.281. The molecule has 0 atom stereocenters. The highest BCUT2D eigenvalue weighted by Gasteiger charge is 2.20. The number of aliphatic hydroxyl groups excluding tert-OH is 1. The van der Waals surface area contributed by atoms with E-state index < -0.39 is 16.6 Å². The number of unbranched alkanes of at least 4 members (excludes halogenated alkanes) is 1. The second-order valence-corrected chi connectivity index (χ2v) is 7.80. The maximum absolute atomic E-state index is 12.2. The Labute approximate surface area is 136 Å². The summed E-state index contributed by atoms with van der Waals surface area (Å²) in [5.74, 6) is 0.611. The maximum atomic E-state index is 12.2. The maximum Gasteiger partial charge on any atom is 0.242 e. The molecule has 1 rings (SSSR count). The summed E-state index contributed by atoms with van der Waals surface area (Å²) < 4.78 is 26.9. The van der Waals surface area contributed by atoms with Crippen LogP contribution < -0.4 is 4.72 Å². The van der Waals surface area contributed by atoms with E-state index in [1.54, 1.807) is 0 Å². The monoisotopic (exact) mass is 353 g/mol. The number of nitrogens with one attached hydrogen (secondary N) is 1. The summed E-state index contributed by atoms with van der Waals surface area (Å²) in [7, 11) is -3.69. The predicted molar refractivity (Wildman–Crippen MR) is 86.3 cm³/mol. The van der Waals surface area contributed by atoms with Crippen molar-refractivity contribution in [2.24, 2.45) is 5.92 Å². The molecule has 1 aromatic carbocycles. The quantitative estimate of drug-likeness (QED) is 0.701. The minimum atomic E-state index is -3.69. The average Bonchev–Trinajstić information content (AvgIpc) is 2.38. The third-order valence-corrected chi connectivity index (χ3v) is 5.50. The van der Waals surface area contributed by atoms with Crippen LogP contribution in [0.2, 0.25) is 10.0 Å². The topological polar surface area (TPSA) is 66.4 Å². The zero-order valence-corrected chi connectivity index (χ0v) is 14.5. The summed E-state index contributed by atoms with van der Waals surface area (Å²) in [4.78, 5) is -0.0542. The standard InChI is InChI=1S/C14H21Cl2NO3S/c1-10(2)5-3-4-8-17-21(19,20)13-7-6-12(15)11(9-18)14(13)16/h6-7,10,17-18H,3-5,8-9H2,1-2H3. The van der Waals surface area contributed by atoms with Crippen LogP contribution in [0.1, 0.15) is 38.7 Å². The van der Waals surface area contributed by atoms with Gasteiger partial charge in [0.15, 0.2) is 0 Å². The molecular weight excluding hydrogens is 333 g/mol. The molecule has 0 radical (unpaired) electrons. The molecule has 4 nitrogen and oxygen atoms in total. The number of hydrogen-bond acceptors (Lipinski definition) is 3. The van der Waals surface area contributed by atoms with Gasteiger partial charge in [-0.2, -0.15) is 0 Å². The average molecular weight is 354 g/mol. The first-order valence-electron chi connectivity index (χ1n) is 6.87. The Bertz CT molecular complexity index is 574. The number of hydrogen-bond donors (Lipinski definition) is 2. The van der Waals surface area contributed by atoms with Gasteiger partial charge in [-0.3, -0.25) is 0 Å². The lowest BCUT2D eigenvalue weighted by Gasteiger charge is -2.12. The van der Waals surface area contributed by atoms with Gasteiger partial charge in [-0.15, -0.1) is 0 Å². The highest BCUT2D eigenvalue weighted by atomic mass is 35.5. The van der Waals surface area contributed by atoms with Gasteiger partial charge in [-0.25, -0.2) is 13.1 Å². The molecule has 120 valence electrons. The van der Waals surface area contributed by atoms with Crippen molar-refractivity contribution in [1.29, 1.82) is 0 Å². The zero-order chi connectivity index (χ0) is 16.0. The number of benzene rings is 1. The third-order valence-electron chi connectivity index (χ3n) is 3.10. The van der Waals surface area contributed by atoms with Crippen LogP contribution in [-0.2, 0) is 16.6 Å². The Morgan fingerprint density at radius 3 is 2.48 bits per heavy atom. The van der Waals surface area contributed by atoms with E-state index in [0.717, 1.165) is 19.3 Å². The van der Waals surface area contributed by atoms with Crippen molar-refractivity contribution in [3.05, 3.63) is 27.7 Å². The van der Waals surface area contributed by atoms with E-state index in [2.05, 4.69) is 18.6 Å². The second-order valence-electron chi connectivity index (χ2n) is 5.28. The lowest BCUT2D eigenvalue weighted by atomic mass is 10.1. The normalized spacial score (nSPS) is 12.1. The molecule has 0 saturated carbocycles. The number of halogens is 2. The molecule has 21 heavy (non-hydrogen) atoms. The molecule has 0 aliphatic rings. The van der Waals surface area contributed by atoms with Gasteiger partial charge >= 0.3 is 0 Å². The van der Waals surface area contributed by atoms with Gasteiger partial charge in [0.2, 0.25) is 10.0 Å². The van der Waals surface area contributed by atoms with Crippen molar-refractivity contribution in [2.45, 2.75) is 44.6 Å². The first kappa shape index (κ1) is 18.7. The van der Waals surface area contributed by atoms with Gasteiger partial charge in [-0.1, -0.05) is 49.9 Å². The van der Waals surface area contributed by atoms with Crippen LogP contribution in [0.3, 0.4) is 0 Å². The van der Waals surface area contributed by atoms with Crippen LogP contribution in [0, 0.1) is 5.92 Å². The van der Waals surface area contributed by atoms with Crippen molar-refractivity contribution in [2.75, 3.05) is 6.54 Å². The highest BCUT2D eigenvalue weighted by molar-refractivity contribution is 7.89. The summed E-state index contributed by atoms with van der Waals surface area (Å²) >= 11 is 11.9. The molecule has 7 heteroatoms. The van der Waals surface area contributed by atoms with Crippen LogP contribution in [0.5, 0.6) is 0 Å². The molecule has 0 saturated heterocycles. The smallest absolute Gasteiger partial charge is 0.242 e. The van der Waals surface area contributed by atoms with E-state index in [1.165, 1.54) is 12.1 Å². The fourth-order valence-electron chi connectivity index (χ4n) is 1.89. The molecule has 0 heterocycles. The fourth-order valence-corrected chi connectivity index (χ4v) is 3.86. The summed E-state index contributed by atoms with van der Waals surface area (Å²) in [6.07, 6.45) is 2.81. The largest absolute Gasteiger partial charge is 0.392 e. The first-order chi connectivity index (χ1) is 9.79. The van der Waals surface area contributed by atoms with Crippen LogP contribution >= 0.6 is 23.2 Å². The number of sulfonamides is 1. The number of rotatable bonds is 8. The van der Waals surface area contributed by atoms with Crippen molar-refractivity contribution in [3.8, 4) is 0 Å². The molecule has 0 spiro atoms. The highest BCUT2D eigenvalue weighted by Crippen LogP contribution is 2.30. The van der Waals surface area contributed by atoms with E-state index in [-0.39, 0.29) is 20.5 Å². The van der Waals surface area contributed by atoms with E-state index in [0.29, 0.717) is 12.5 Å². The molecule has 0 aliphatic heterocycles. The third kappa shape index (κ3) is 5.42. The Balaban J connectivity index is 2.75. The molecule has 0 amide bonds. The Morgan fingerprint density at radius 1 is 1.24 bits per heavy atom. The molecule has 0 unspecified atom stereocenters. The molecule has 0 aliphatic carbocycles. The van der Waals surface area contributed by atoms with Crippen molar-refractivity contribution in [1.82, 2.24) is 4.72 Å². The summed E-state index contributed by atoms with van der Waals surface area (Å²) in [6, 6.07) is 2.77. The second kappa shape index (κ2) is 8.34. The van der Waals surface area contributed by atoms with Crippen molar-refractivity contribution >= 4 is 33.2 Å². The summed E-state index contributed by atoms with van der Waals surface area (Å²) in [5, 5.41) is 9.42. The van der Waals surface area contributed by atoms with Crippen molar-refractivity contribution < 1.29 is 13.5 Å².